The van der Waals surface area contributed by atoms with E-state index in [1.54, 1.807) is 24.3 Å². The molecule has 1 N–H and O–H groups in total. The molecule has 174 valence electrons. The summed E-state index contributed by atoms with van der Waals surface area (Å²) in [6, 6.07) is 19.9. The number of rotatable bonds is 4. The Hall–Kier alpha value is -4.10. The summed E-state index contributed by atoms with van der Waals surface area (Å²) in [5.41, 5.74) is 4.63. The fourth-order valence-corrected chi connectivity index (χ4v) is 4.69. The van der Waals surface area contributed by atoms with Crippen LogP contribution >= 0.6 is 12.2 Å². The predicted octanol–water partition coefficient (Wildman–Crippen LogP) is 5.28. The number of carbonyl (C=O) groups is 2. The first-order valence-corrected chi connectivity index (χ1v) is 11.5. The van der Waals surface area contributed by atoms with Gasteiger partial charge in [-0.05, 0) is 55.9 Å². The van der Waals surface area contributed by atoms with Crippen LogP contribution in [0.3, 0.4) is 0 Å². The molecule has 2 amide bonds. The summed E-state index contributed by atoms with van der Waals surface area (Å²) in [5.74, 6) is -1.33. The van der Waals surface area contributed by atoms with Gasteiger partial charge >= 0.3 is 0 Å². The van der Waals surface area contributed by atoms with Gasteiger partial charge in [0.15, 0.2) is 5.11 Å². The molecule has 35 heavy (non-hydrogen) atoms. The Balaban J connectivity index is 1.59. The zero-order valence-corrected chi connectivity index (χ0v) is 20.0. The number of para-hydroxylation sites is 1. The van der Waals surface area contributed by atoms with Crippen molar-refractivity contribution in [1.82, 2.24) is 9.88 Å². The molecule has 2 heterocycles. The van der Waals surface area contributed by atoms with E-state index in [4.69, 9.17) is 12.2 Å². The lowest BCUT2D eigenvalue weighted by Crippen LogP contribution is -2.54. The number of nitrogens with one attached hydrogen (secondary N) is 1. The van der Waals surface area contributed by atoms with Crippen LogP contribution in [0.2, 0.25) is 0 Å². The average molecular weight is 484 g/mol. The highest BCUT2D eigenvalue weighted by Crippen LogP contribution is 2.29. The van der Waals surface area contributed by atoms with Gasteiger partial charge in [0.2, 0.25) is 0 Å². The lowest BCUT2D eigenvalue weighted by molar-refractivity contribution is -0.122. The first-order chi connectivity index (χ1) is 16.8. The maximum absolute atomic E-state index is 14.3. The molecule has 3 aromatic carbocycles. The number of hydrogen-bond donors (Lipinski definition) is 1. The summed E-state index contributed by atoms with van der Waals surface area (Å²) in [4.78, 5) is 27.7. The number of amides is 2. The zero-order valence-electron chi connectivity index (χ0n) is 19.2. The quantitative estimate of drug-likeness (QED) is 0.244. The third-order valence-electron chi connectivity index (χ3n) is 6.11. The highest BCUT2D eigenvalue weighted by molar-refractivity contribution is 7.80. The Morgan fingerprint density at radius 1 is 1.00 bits per heavy atom. The SMILES string of the molecule is Cc1ccc(N2C(=O)/C(=C/c3cn(Cc4ccccc4F)c4ccccc34)C(=O)NC2=S)c(C)c1. The number of benzene rings is 3. The Morgan fingerprint density at radius 2 is 1.74 bits per heavy atom. The Labute approximate surface area is 207 Å². The number of nitrogens with zero attached hydrogens (tertiary/aromatic N) is 2. The lowest BCUT2D eigenvalue weighted by atomic mass is 10.0. The molecule has 1 aromatic heterocycles. The normalized spacial score (nSPS) is 15.2. The first-order valence-electron chi connectivity index (χ1n) is 11.1. The number of fused-ring (bicyclic) bond motifs is 1. The molecule has 0 saturated carbocycles. The molecule has 7 heteroatoms. The van der Waals surface area contributed by atoms with Crippen molar-refractivity contribution < 1.29 is 14.0 Å². The average Bonchev–Trinajstić information content (AvgIpc) is 3.17. The molecule has 1 aliphatic rings. The van der Waals surface area contributed by atoms with E-state index in [1.807, 2.05) is 67.1 Å². The first kappa shape index (κ1) is 22.7. The minimum Gasteiger partial charge on any atom is -0.342 e. The fraction of sp³-hybridized carbons (Fsp3) is 0.107. The molecule has 0 spiro atoms. The van der Waals surface area contributed by atoms with Crippen LogP contribution in [0.1, 0.15) is 22.3 Å². The second kappa shape index (κ2) is 8.92. The van der Waals surface area contributed by atoms with Gasteiger partial charge in [-0.3, -0.25) is 19.8 Å². The Morgan fingerprint density at radius 3 is 2.51 bits per heavy atom. The Kier molecular flexibility index (Phi) is 5.78. The van der Waals surface area contributed by atoms with Crippen molar-refractivity contribution in [2.24, 2.45) is 0 Å². The molecule has 1 saturated heterocycles. The van der Waals surface area contributed by atoms with E-state index in [0.717, 1.165) is 22.0 Å². The third kappa shape index (κ3) is 4.15. The summed E-state index contributed by atoms with van der Waals surface area (Å²) < 4.78 is 16.2. The molecule has 5 nitrogen and oxygen atoms in total. The van der Waals surface area contributed by atoms with Crippen molar-refractivity contribution in [3.8, 4) is 0 Å². The molecule has 1 fully saturated rings. The number of anilines is 1. The Bertz CT molecular complexity index is 1550. The van der Waals surface area contributed by atoms with E-state index in [9.17, 15) is 14.0 Å². The number of aromatic nitrogens is 1. The lowest BCUT2D eigenvalue weighted by Gasteiger charge is -2.30. The van der Waals surface area contributed by atoms with Crippen LogP contribution in [0.5, 0.6) is 0 Å². The number of thiocarbonyl (C=S) groups is 1. The van der Waals surface area contributed by atoms with Crippen molar-refractivity contribution in [2.45, 2.75) is 20.4 Å². The number of halogens is 1. The molecular formula is C28H22FN3O2S. The zero-order chi connectivity index (χ0) is 24.7. The molecule has 0 radical (unpaired) electrons. The number of carbonyl (C=O) groups excluding carboxylic acids is 2. The van der Waals surface area contributed by atoms with Crippen LogP contribution in [0.15, 0.2) is 78.5 Å². The second-order valence-corrected chi connectivity index (χ2v) is 8.96. The van der Waals surface area contributed by atoms with Crippen molar-refractivity contribution in [2.75, 3.05) is 4.90 Å². The number of hydrogen-bond acceptors (Lipinski definition) is 3. The standard InChI is InChI=1S/C28H22FN3O2S/c1-17-11-12-24(18(2)13-17)32-27(34)22(26(33)30-28(32)35)14-20-16-31(25-10-6-4-8-21(20)25)15-19-7-3-5-9-23(19)29/h3-14,16H,15H2,1-2H3,(H,30,33,35)/b22-14+. The predicted molar refractivity (Wildman–Crippen MR) is 140 cm³/mol. The van der Waals surface area contributed by atoms with Crippen LogP contribution in [0.25, 0.3) is 17.0 Å². The van der Waals surface area contributed by atoms with E-state index < -0.39 is 11.8 Å². The van der Waals surface area contributed by atoms with Crippen LogP contribution in [-0.2, 0) is 16.1 Å². The van der Waals surface area contributed by atoms with Gasteiger partial charge in [-0.15, -0.1) is 0 Å². The van der Waals surface area contributed by atoms with E-state index >= 15 is 0 Å². The van der Waals surface area contributed by atoms with Crippen LogP contribution in [0, 0.1) is 19.7 Å². The molecule has 0 atom stereocenters. The van der Waals surface area contributed by atoms with Gasteiger partial charge in [-0.25, -0.2) is 4.39 Å². The van der Waals surface area contributed by atoms with Gasteiger partial charge in [0.1, 0.15) is 11.4 Å². The third-order valence-corrected chi connectivity index (χ3v) is 6.40. The molecule has 0 bridgehead atoms. The van der Waals surface area contributed by atoms with Gasteiger partial charge < -0.3 is 4.57 Å². The number of aryl methyl sites for hydroxylation is 2. The summed E-state index contributed by atoms with van der Waals surface area (Å²) >= 11 is 5.35. The molecule has 0 aliphatic carbocycles. The monoisotopic (exact) mass is 483 g/mol. The summed E-state index contributed by atoms with van der Waals surface area (Å²) in [7, 11) is 0. The summed E-state index contributed by atoms with van der Waals surface area (Å²) in [5, 5.41) is 3.54. The van der Waals surface area contributed by atoms with Gasteiger partial charge in [-0.1, -0.05) is 54.1 Å². The molecule has 5 rings (SSSR count). The van der Waals surface area contributed by atoms with Crippen LogP contribution in [-0.4, -0.2) is 21.5 Å². The molecule has 1 aliphatic heterocycles. The minimum atomic E-state index is -0.549. The van der Waals surface area contributed by atoms with Gasteiger partial charge in [0.25, 0.3) is 11.8 Å². The molecular weight excluding hydrogens is 461 g/mol. The topological polar surface area (TPSA) is 54.3 Å². The van der Waals surface area contributed by atoms with Gasteiger partial charge in [0, 0.05) is 28.2 Å². The molecule has 0 unspecified atom stereocenters. The second-order valence-electron chi connectivity index (χ2n) is 8.57. The highest BCUT2D eigenvalue weighted by Gasteiger charge is 2.35. The largest absolute Gasteiger partial charge is 0.342 e. The van der Waals surface area contributed by atoms with E-state index in [1.165, 1.54) is 11.0 Å². The van der Waals surface area contributed by atoms with E-state index in [0.29, 0.717) is 23.4 Å². The van der Waals surface area contributed by atoms with Crippen molar-refractivity contribution >= 4 is 51.8 Å². The van der Waals surface area contributed by atoms with Crippen molar-refractivity contribution in [3.63, 3.8) is 0 Å². The highest BCUT2D eigenvalue weighted by atomic mass is 32.1. The van der Waals surface area contributed by atoms with E-state index in [2.05, 4.69) is 5.32 Å². The van der Waals surface area contributed by atoms with Gasteiger partial charge in [0.05, 0.1) is 12.2 Å². The maximum Gasteiger partial charge on any atom is 0.270 e. The van der Waals surface area contributed by atoms with Gasteiger partial charge in [-0.2, -0.15) is 0 Å². The van der Waals surface area contributed by atoms with E-state index in [-0.39, 0.29) is 16.5 Å². The van der Waals surface area contributed by atoms with Crippen molar-refractivity contribution in [3.05, 3.63) is 107 Å². The van der Waals surface area contributed by atoms with Crippen molar-refractivity contribution in [1.29, 1.82) is 0 Å². The maximum atomic E-state index is 14.3. The smallest absolute Gasteiger partial charge is 0.270 e. The summed E-state index contributed by atoms with van der Waals surface area (Å²) in [6.07, 6.45) is 3.41. The van der Waals surface area contributed by atoms with Crippen LogP contribution in [0.4, 0.5) is 10.1 Å². The fourth-order valence-electron chi connectivity index (χ4n) is 4.42. The molecule has 4 aromatic rings. The van der Waals surface area contributed by atoms with Crippen LogP contribution < -0.4 is 10.2 Å². The minimum absolute atomic E-state index is 0.0210. The summed E-state index contributed by atoms with van der Waals surface area (Å²) in [6.45, 7) is 4.18.